The van der Waals surface area contributed by atoms with Gasteiger partial charge in [-0.15, -0.1) is 0 Å². The molecule has 1 N–H and O–H groups in total. The molecule has 1 saturated heterocycles. The molecule has 2 atom stereocenters. The Labute approximate surface area is 120 Å². The van der Waals surface area contributed by atoms with Crippen LogP contribution in [0, 0.1) is 17.6 Å². The van der Waals surface area contributed by atoms with Gasteiger partial charge in [0.25, 0.3) is 0 Å². The maximum absolute atomic E-state index is 13.3. The van der Waals surface area contributed by atoms with Crippen LogP contribution in [-0.2, 0) is 0 Å². The molecule has 0 saturated carbocycles. The zero-order chi connectivity index (χ0) is 14.5. The van der Waals surface area contributed by atoms with E-state index < -0.39 is 11.6 Å². The molecule has 1 aliphatic rings. The van der Waals surface area contributed by atoms with Crippen LogP contribution in [0.15, 0.2) is 18.2 Å². The highest BCUT2D eigenvalue weighted by Gasteiger charge is 2.20. The molecule has 4 heteroatoms. The first-order chi connectivity index (χ1) is 9.58. The molecule has 1 aromatic rings. The standard InChI is InChI=1S/C16H24F2N2/c1-3-19-16(5-7-20-6-4-12(2)11-20)13-8-14(17)10-15(18)9-13/h8-10,12,16,19H,3-7,11H2,1-2H3. The van der Waals surface area contributed by atoms with E-state index in [2.05, 4.69) is 17.1 Å². The summed E-state index contributed by atoms with van der Waals surface area (Å²) in [5.41, 5.74) is 0.705. The van der Waals surface area contributed by atoms with E-state index in [0.29, 0.717) is 5.56 Å². The van der Waals surface area contributed by atoms with E-state index in [0.717, 1.165) is 44.6 Å². The summed E-state index contributed by atoms with van der Waals surface area (Å²) in [5.74, 6) is -0.241. The molecule has 20 heavy (non-hydrogen) atoms. The third-order valence-corrected chi connectivity index (χ3v) is 3.98. The van der Waals surface area contributed by atoms with Gasteiger partial charge in [0, 0.05) is 18.7 Å². The number of likely N-dealkylation sites (tertiary alicyclic amines) is 1. The van der Waals surface area contributed by atoms with E-state index in [-0.39, 0.29) is 6.04 Å². The van der Waals surface area contributed by atoms with E-state index in [1.165, 1.54) is 18.6 Å². The molecule has 0 aromatic heterocycles. The van der Waals surface area contributed by atoms with E-state index in [1.807, 2.05) is 6.92 Å². The van der Waals surface area contributed by atoms with Crippen LogP contribution in [0.25, 0.3) is 0 Å². The number of hydrogen-bond acceptors (Lipinski definition) is 2. The number of rotatable bonds is 6. The lowest BCUT2D eigenvalue weighted by Gasteiger charge is -2.22. The van der Waals surface area contributed by atoms with Crippen LogP contribution in [0.1, 0.15) is 38.3 Å². The lowest BCUT2D eigenvalue weighted by atomic mass is 10.0. The fourth-order valence-electron chi connectivity index (χ4n) is 2.95. The van der Waals surface area contributed by atoms with Crippen molar-refractivity contribution in [2.45, 2.75) is 32.7 Å². The molecule has 1 aromatic carbocycles. The van der Waals surface area contributed by atoms with E-state index in [9.17, 15) is 8.78 Å². The van der Waals surface area contributed by atoms with Gasteiger partial charge in [0.2, 0.25) is 0 Å². The SMILES string of the molecule is CCNC(CCN1CCC(C)C1)c1cc(F)cc(F)c1. The van der Waals surface area contributed by atoms with Crippen molar-refractivity contribution in [1.29, 1.82) is 0 Å². The second kappa shape index (κ2) is 7.14. The molecule has 0 spiro atoms. The molecule has 2 unspecified atom stereocenters. The van der Waals surface area contributed by atoms with Crippen molar-refractivity contribution in [3.63, 3.8) is 0 Å². The average molecular weight is 282 g/mol. The molecular formula is C16H24F2N2. The van der Waals surface area contributed by atoms with Gasteiger partial charge in [0.15, 0.2) is 0 Å². The Balaban J connectivity index is 1.98. The van der Waals surface area contributed by atoms with Gasteiger partial charge in [-0.2, -0.15) is 0 Å². The summed E-state index contributed by atoms with van der Waals surface area (Å²) in [6.45, 7) is 8.32. The van der Waals surface area contributed by atoms with Crippen LogP contribution in [0.5, 0.6) is 0 Å². The van der Waals surface area contributed by atoms with Crippen molar-refractivity contribution in [2.75, 3.05) is 26.2 Å². The summed E-state index contributed by atoms with van der Waals surface area (Å²) in [5, 5.41) is 3.33. The van der Waals surface area contributed by atoms with E-state index >= 15 is 0 Å². The maximum Gasteiger partial charge on any atom is 0.126 e. The summed E-state index contributed by atoms with van der Waals surface area (Å²) >= 11 is 0. The number of hydrogen-bond donors (Lipinski definition) is 1. The quantitative estimate of drug-likeness (QED) is 0.861. The first kappa shape index (κ1) is 15.4. The number of halogens is 2. The minimum Gasteiger partial charge on any atom is -0.310 e. The van der Waals surface area contributed by atoms with Gasteiger partial charge >= 0.3 is 0 Å². The van der Waals surface area contributed by atoms with E-state index in [1.54, 1.807) is 0 Å². The zero-order valence-electron chi connectivity index (χ0n) is 12.3. The molecule has 0 aliphatic carbocycles. The summed E-state index contributed by atoms with van der Waals surface area (Å²) < 4.78 is 26.7. The van der Waals surface area contributed by atoms with Gasteiger partial charge in [-0.3, -0.25) is 0 Å². The van der Waals surface area contributed by atoms with Gasteiger partial charge in [-0.25, -0.2) is 8.78 Å². The van der Waals surface area contributed by atoms with Crippen molar-refractivity contribution in [1.82, 2.24) is 10.2 Å². The Hall–Kier alpha value is -1.00. The van der Waals surface area contributed by atoms with Crippen LogP contribution in [-0.4, -0.2) is 31.1 Å². The van der Waals surface area contributed by atoms with Crippen LogP contribution in [0.2, 0.25) is 0 Å². The molecule has 1 heterocycles. The Bertz CT molecular complexity index is 416. The highest BCUT2D eigenvalue weighted by atomic mass is 19.1. The van der Waals surface area contributed by atoms with Crippen molar-refractivity contribution in [3.8, 4) is 0 Å². The molecule has 1 aliphatic heterocycles. The number of benzene rings is 1. The largest absolute Gasteiger partial charge is 0.310 e. The molecule has 0 bridgehead atoms. The summed E-state index contributed by atoms with van der Waals surface area (Å²) in [6, 6.07) is 3.81. The molecule has 2 nitrogen and oxygen atoms in total. The topological polar surface area (TPSA) is 15.3 Å². The smallest absolute Gasteiger partial charge is 0.126 e. The average Bonchev–Trinajstić information content (AvgIpc) is 2.79. The minimum atomic E-state index is -0.502. The van der Waals surface area contributed by atoms with Crippen molar-refractivity contribution >= 4 is 0 Å². The summed E-state index contributed by atoms with van der Waals surface area (Å²) in [4.78, 5) is 2.44. The van der Waals surface area contributed by atoms with Crippen LogP contribution in [0.3, 0.4) is 0 Å². The first-order valence-corrected chi connectivity index (χ1v) is 7.50. The second-order valence-electron chi connectivity index (χ2n) is 5.80. The molecule has 2 rings (SSSR count). The molecule has 1 fully saturated rings. The lowest BCUT2D eigenvalue weighted by molar-refractivity contribution is 0.302. The Morgan fingerprint density at radius 3 is 2.55 bits per heavy atom. The Morgan fingerprint density at radius 2 is 2.00 bits per heavy atom. The van der Waals surface area contributed by atoms with Gasteiger partial charge in [-0.05, 0) is 56.1 Å². The highest BCUT2D eigenvalue weighted by molar-refractivity contribution is 5.21. The normalized spacial score (nSPS) is 21.3. The Morgan fingerprint density at radius 1 is 1.30 bits per heavy atom. The highest BCUT2D eigenvalue weighted by Crippen LogP contribution is 2.22. The van der Waals surface area contributed by atoms with Gasteiger partial charge in [-0.1, -0.05) is 13.8 Å². The van der Waals surface area contributed by atoms with Crippen molar-refractivity contribution in [2.24, 2.45) is 5.92 Å². The molecule has 0 radical (unpaired) electrons. The fraction of sp³-hybridized carbons (Fsp3) is 0.625. The summed E-state index contributed by atoms with van der Waals surface area (Å²) in [6.07, 6.45) is 2.13. The Kier molecular flexibility index (Phi) is 5.49. The van der Waals surface area contributed by atoms with Crippen molar-refractivity contribution < 1.29 is 8.78 Å². The molecule has 0 amide bonds. The fourth-order valence-corrected chi connectivity index (χ4v) is 2.95. The zero-order valence-corrected chi connectivity index (χ0v) is 12.3. The first-order valence-electron chi connectivity index (χ1n) is 7.50. The van der Waals surface area contributed by atoms with Crippen molar-refractivity contribution in [3.05, 3.63) is 35.4 Å². The summed E-state index contributed by atoms with van der Waals surface area (Å²) in [7, 11) is 0. The molecule has 112 valence electrons. The lowest BCUT2D eigenvalue weighted by Crippen LogP contribution is -2.28. The monoisotopic (exact) mass is 282 g/mol. The van der Waals surface area contributed by atoms with Gasteiger partial charge in [0.05, 0.1) is 0 Å². The van der Waals surface area contributed by atoms with Crippen LogP contribution >= 0.6 is 0 Å². The third kappa shape index (κ3) is 4.25. The second-order valence-corrected chi connectivity index (χ2v) is 5.80. The number of nitrogens with zero attached hydrogens (tertiary/aromatic N) is 1. The maximum atomic E-state index is 13.3. The number of nitrogens with one attached hydrogen (secondary N) is 1. The third-order valence-electron chi connectivity index (χ3n) is 3.98. The predicted molar refractivity (Wildman–Crippen MR) is 77.6 cm³/mol. The van der Waals surface area contributed by atoms with E-state index in [4.69, 9.17) is 0 Å². The van der Waals surface area contributed by atoms with Crippen LogP contribution in [0.4, 0.5) is 8.78 Å². The molecular weight excluding hydrogens is 258 g/mol. The van der Waals surface area contributed by atoms with Gasteiger partial charge in [0.1, 0.15) is 11.6 Å². The van der Waals surface area contributed by atoms with Crippen LogP contribution < -0.4 is 5.32 Å². The predicted octanol–water partition coefficient (Wildman–Crippen LogP) is 3.35. The van der Waals surface area contributed by atoms with Gasteiger partial charge < -0.3 is 10.2 Å². The minimum absolute atomic E-state index is 0.0149.